The fourth-order valence-corrected chi connectivity index (χ4v) is 4.20. The molecule has 0 saturated heterocycles. The van der Waals surface area contributed by atoms with Crippen LogP contribution in [-0.2, 0) is 23.1 Å². The molecule has 0 aromatic heterocycles. The first-order valence-corrected chi connectivity index (χ1v) is 10.7. The molecule has 0 aliphatic rings. The summed E-state index contributed by atoms with van der Waals surface area (Å²) in [4.78, 5) is 14.6. The smallest absolute Gasteiger partial charge is 0.253 e. The number of nitrogens with zero attached hydrogens (tertiary/aromatic N) is 2. The molecule has 0 saturated carbocycles. The maximum absolute atomic E-state index is 12.6. The maximum atomic E-state index is 12.6. The summed E-state index contributed by atoms with van der Waals surface area (Å²) in [5.74, 6) is -0.0781. The van der Waals surface area contributed by atoms with Crippen LogP contribution in [0.15, 0.2) is 89.8 Å². The molecule has 0 N–H and O–H groups in total. The summed E-state index contributed by atoms with van der Waals surface area (Å²) < 4.78 is 26.6. The number of carbonyl (C=O) groups excluding carboxylic acids is 1. The zero-order valence-electron chi connectivity index (χ0n) is 16.5. The van der Waals surface area contributed by atoms with E-state index in [1.54, 1.807) is 73.6 Å². The zero-order chi connectivity index (χ0) is 20.9. The molecule has 0 aliphatic carbocycles. The van der Waals surface area contributed by atoms with Gasteiger partial charge in [-0.25, -0.2) is 8.42 Å². The number of benzene rings is 3. The monoisotopic (exact) mass is 408 g/mol. The van der Waals surface area contributed by atoms with Crippen LogP contribution in [0.3, 0.4) is 0 Å². The number of amides is 1. The van der Waals surface area contributed by atoms with Crippen LogP contribution in [0.4, 0.5) is 0 Å². The van der Waals surface area contributed by atoms with Gasteiger partial charge in [0.05, 0.1) is 4.90 Å². The van der Waals surface area contributed by atoms with E-state index in [1.807, 2.05) is 30.3 Å². The lowest BCUT2D eigenvalue weighted by atomic mass is 10.1. The van der Waals surface area contributed by atoms with Gasteiger partial charge < -0.3 is 4.90 Å². The summed E-state index contributed by atoms with van der Waals surface area (Å²) in [6, 6.07) is 25.2. The van der Waals surface area contributed by atoms with E-state index in [2.05, 4.69) is 0 Å². The van der Waals surface area contributed by atoms with E-state index in [0.717, 1.165) is 11.1 Å². The van der Waals surface area contributed by atoms with Crippen molar-refractivity contribution in [2.24, 2.45) is 0 Å². The molecular formula is C23H24N2O3S. The van der Waals surface area contributed by atoms with E-state index < -0.39 is 10.0 Å². The van der Waals surface area contributed by atoms with Crippen LogP contribution in [-0.4, -0.2) is 37.6 Å². The highest BCUT2D eigenvalue weighted by molar-refractivity contribution is 7.89. The molecule has 5 nitrogen and oxygen atoms in total. The Balaban J connectivity index is 1.66. The highest BCUT2D eigenvalue weighted by Crippen LogP contribution is 2.17. The molecule has 0 radical (unpaired) electrons. The second kappa shape index (κ2) is 9.03. The number of rotatable bonds is 7. The van der Waals surface area contributed by atoms with Crippen LogP contribution in [0, 0.1) is 0 Å². The fourth-order valence-electron chi connectivity index (χ4n) is 3.02. The van der Waals surface area contributed by atoms with Crippen molar-refractivity contribution in [3.05, 3.63) is 102 Å². The van der Waals surface area contributed by atoms with Gasteiger partial charge in [0.15, 0.2) is 0 Å². The van der Waals surface area contributed by atoms with Gasteiger partial charge in [-0.1, -0.05) is 60.7 Å². The Bertz CT molecular complexity index is 1050. The van der Waals surface area contributed by atoms with Gasteiger partial charge in [-0.3, -0.25) is 4.79 Å². The second-order valence-corrected chi connectivity index (χ2v) is 8.96. The normalized spacial score (nSPS) is 11.4. The minimum Gasteiger partial charge on any atom is -0.337 e. The average molecular weight is 409 g/mol. The SMILES string of the molecule is CN(Cc1ccccc1)C(=O)c1ccc(CN(C)S(=O)(=O)c2ccccc2)cc1. The number of hydrogen-bond acceptors (Lipinski definition) is 3. The van der Waals surface area contributed by atoms with Crippen LogP contribution in [0.25, 0.3) is 0 Å². The zero-order valence-corrected chi connectivity index (χ0v) is 17.3. The van der Waals surface area contributed by atoms with Crippen LogP contribution in [0.1, 0.15) is 21.5 Å². The van der Waals surface area contributed by atoms with Crippen molar-refractivity contribution in [3.63, 3.8) is 0 Å². The summed E-state index contributed by atoms with van der Waals surface area (Å²) in [6.07, 6.45) is 0. The Morgan fingerprint density at radius 3 is 1.83 bits per heavy atom. The van der Waals surface area contributed by atoms with Crippen molar-refractivity contribution in [2.75, 3.05) is 14.1 Å². The van der Waals surface area contributed by atoms with Gasteiger partial charge in [0.1, 0.15) is 0 Å². The van der Waals surface area contributed by atoms with Crippen LogP contribution in [0.2, 0.25) is 0 Å². The third-order valence-corrected chi connectivity index (χ3v) is 6.48. The lowest BCUT2D eigenvalue weighted by Gasteiger charge is -2.19. The van der Waals surface area contributed by atoms with Gasteiger partial charge in [0, 0.05) is 32.7 Å². The predicted molar refractivity (Wildman–Crippen MR) is 114 cm³/mol. The molecule has 1 amide bonds. The third kappa shape index (κ3) is 5.10. The van der Waals surface area contributed by atoms with Crippen LogP contribution >= 0.6 is 0 Å². The van der Waals surface area contributed by atoms with E-state index in [0.29, 0.717) is 12.1 Å². The van der Waals surface area contributed by atoms with Crippen LogP contribution in [0.5, 0.6) is 0 Å². The largest absolute Gasteiger partial charge is 0.337 e. The molecule has 0 aliphatic heterocycles. The van der Waals surface area contributed by atoms with E-state index in [4.69, 9.17) is 0 Å². The van der Waals surface area contributed by atoms with Crippen molar-refractivity contribution >= 4 is 15.9 Å². The molecule has 0 unspecified atom stereocenters. The van der Waals surface area contributed by atoms with Gasteiger partial charge in [0.25, 0.3) is 5.91 Å². The number of sulfonamides is 1. The molecule has 0 bridgehead atoms. The topological polar surface area (TPSA) is 57.7 Å². The molecule has 0 atom stereocenters. The highest BCUT2D eigenvalue weighted by atomic mass is 32.2. The van der Waals surface area contributed by atoms with Gasteiger partial charge in [-0.05, 0) is 35.4 Å². The Kier molecular flexibility index (Phi) is 6.46. The summed E-state index contributed by atoms with van der Waals surface area (Å²) in [5, 5.41) is 0. The molecule has 0 spiro atoms. The van der Waals surface area contributed by atoms with Crippen molar-refractivity contribution in [1.82, 2.24) is 9.21 Å². The average Bonchev–Trinajstić information content (AvgIpc) is 2.75. The molecule has 150 valence electrons. The lowest BCUT2D eigenvalue weighted by molar-refractivity contribution is 0.0785. The van der Waals surface area contributed by atoms with Gasteiger partial charge in [-0.2, -0.15) is 4.31 Å². The molecule has 3 aromatic rings. The molecule has 0 fully saturated rings. The fraction of sp³-hybridized carbons (Fsp3) is 0.174. The van der Waals surface area contributed by atoms with E-state index >= 15 is 0 Å². The van der Waals surface area contributed by atoms with E-state index in [1.165, 1.54) is 4.31 Å². The third-order valence-electron chi connectivity index (χ3n) is 4.67. The number of carbonyl (C=O) groups is 1. The van der Waals surface area contributed by atoms with Crippen molar-refractivity contribution in [1.29, 1.82) is 0 Å². The summed E-state index contributed by atoms with van der Waals surface area (Å²) in [5.41, 5.74) is 2.45. The summed E-state index contributed by atoms with van der Waals surface area (Å²) >= 11 is 0. The first-order chi connectivity index (χ1) is 13.9. The second-order valence-electron chi connectivity index (χ2n) is 6.92. The molecular weight excluding hydrogens is 384 g/mol. The Hall–Kier alpha value is -2.96. The summed E-state index contributed by atoms with van der Waals surface area (Å²) in [7, 11) is -0.236. The first kappa shape index (κ1) is 20.8. The van der Waals surface area contributed by atoms with Gasteiger partial charge in [-0.15, -0.1) is 0 Å². The molecule has 3 aromatic carbocycles. The van der Waals surface area contributed by atoms with Crippen molar-refractivity contribution < 1.29 is 13.2 Å². The van der Waals surface area contributed by atoms with E-state index in [9.17, 15) is 13.2 Å². The summed E-state index contributed by atoms with van der Waals surface area (Å²) in [6.45, 7) is 0.755. The maximum Gasteiger partial charge on any atom is 0.253 e. The Labute approximate surface area is 172 Å². The standard InChI is InChI=1S/C23H24N2O3S/c1-24(17-19-9-5-3-6-10-19)23(26)21-15-13-20(14-16-21)18-25(2)29(27,28)22-11-7-4-8-12-22/h3-16H,17-18H2,1-2H3. The van der Waals surface area contributed by atoms with Gasteiger partial charge >= 0.3 is 0 Å². The van der Waals surface area contributed by atoms with Gasteiger partial charge in [0.2, 0.25) is 10.0 Å². The number of hydrogen-bond donors (Lipinski definition) is 0. The molecule has 29 heavy (non-hydrogen) atoms. The first-order valence-electron chi connectivity index (χ1n) is 9.27. The molecule has 6 heteroatoms. The van der Waals surface area contributed by atoms with Crippen LogP contribution < -0.4 is 0 Å². The minimum absolute atomic E-state index is 0.0781. The molecule has 0 heterocycles. The van der Waals surface area contributed by atoms with E-state index in [-0.39, 0.29) is 17.3 Å². The predicted octanol–water partition coefficient (Wildman–Crippen LogP) is 3.78. The highest BCUT2D eigenvalue weighted by Gasteiger charge is 2.20. The lowest BCUT2D eigenvalue weighted by Crippen LogP contribution is -2.27. The Morgan fingerprint density at radius 2 is 1.24 bits per heavy atom. The quantitative estimate of drug-likeness (QED) is 0.598. The van der Waals surface area contributed by atoms with Crippen molar-refractivity contribution in [3.8, 4) is 0 Å². The minimum atomic E-state index is -3.55. The Morgan fingerprint density at radius 1 is 0.724 bits per heavy atom. The van der Waals surface area contributed by atoms with Crippen molar-refractivity contribution in [2.45, 2.75) is 18.0 Å². The molecule has 3 rings (SSSR count).